The molecule has 1 amide bonds. The molecule has 8 nitrogen and oxygen atoms in total. The Morgan fingerprint density at radius 1 is 1.10 bits per heavy atom. The molecule has 0 spiro atoms. The highest BCUT2D eigenvalue weighted by Crippen LogP contribution is 2.24. The third-order valence-corrected chi connectivity index (χ3v) is 6.85. The van der Waals surface area contributed by atoms with E-state index in [1.54, 1.807) is 44.2 Å². The second-order valence-electron chi connectivity index (χ2n) is 7.13. The van der Waals surface area contributed by atoms with Crippen LogP contribution in [-0.4, -0.2) is 57.3 Å². The normalized spacial score (nSPS) is 14.8. The number of anilines is 1. The lowest BCUT2D eigenvalue weighted by Crippen LogP contribution is -2.40. The Morgan fingerprint density at radius 3 is 2.42 bits per heavy atom. The van der Waals surface area contributed by atoms with E-state index in [1.807, 2.05) is 0 Å². The number of aryl methyl sites for hydroxylation is 1. The highest BCUT2D eigenvalue weighted by atomic mass is 32.2. The summed E-state index contributed by atoms with van der Waals surface area (Å²) in [5.74, 6) is 0.0765. The second kappa shape index (κ2) is 10.0. The van der Waals surface area contributed by atoms with Crippen molar-refractivity contribution in [2.75, 3.05) is 38.2 Å². The lowest BCUT2D eigenvalue weighted by Gasteiger charge is -2.26. The SMILES string of the molecule is CCC(=O)c1ccc(OCC(=O)Nc2cc(S(=O)(=O)N3CCOCC3)ccc2C)cc1. The van der Waals surface area contributed by atoms with Gasteiger partial charge in [0, 0.05) is 30.8 Å². The smallest absolute Gasteiger partial charge is 0.262 e. The molecule has 3 rings (SSSR count). The van der Waals surface area contributed by atoms with Crippen LogP contribution in [0.1, 0.15) is 29.3 Å². The minimum atomic E-state index is -3.66. The zero-order chi connectivity index (χ0) is 22.4. The molecule has 0 unspecified atom stereocenters. The van der Waals surface area contributed by atoms with Gasteiger partial charge in [-0.3, -0.25) is 9.59 Å². The summed E-state index contributed by atoms with van der Waals surface area (Å²) in [6.45, 7) is 4.65. The molecule has 2 aromatic rings. The fraction of sp³-hybridized carbons (Fsp3) is 0.364. The minimum Gasteiger partial charge on any atom is -0.484 e. The first-order valence-corrected chi connectivity index (χ1v) is 11.5. The van der Waals surface area contributed by atoms with Gasteiger partial charge in [-0.1, -0.05) is 13.0 Å². The van der Waals surface area contributed by atoms with Crippen LogP contribution < -0.4 is 10.1 Å². The summed E-state index contributed by atoms with van der Waals surface area (Å²) in [6, 6.07) is 11.2. The summed E-state index contributed by atoms with van der Waals surface area (Å²) in [6.07, 6.45) is 0.419. The van der Waals surface area contributed by atoms with Crippen molar-refractivity contribution >= 4 is 27.4 Å². The summed E-state index contributed by atoms with van der Waals surface area (Å²) in [4.78, 5) is 24.1. The molecule has 166 valence electrons. The fourth-order valence-electron chi connectivity index (χ4n) is 3.11. The Bertz CT molecular complexity index is 1040. The van der Waals surface area contributed by atoms with Crippen LogP contribution in [-0.2, 0) is 19.6 Å². The number of Topliss-reactive ketones (excluding diaryl/α,β-unsaturated/α-hetero) is 1. The number of ether oxygens (including phenoxy) is 2. The summed E-state index contributed by atoms with van der Waals surface area (Å²) in [7, 11) is -3.66. The predicted octanol–water partition coefficient (Wildman–Crippen LogP) is 2.63. The van der Waals surface area contributed by atoms with E-state index >= 15 is 0 Å². The molecule has 1 aliphatic rings. The first-order chi connectivity index (χ1) is 14.8. The van der Waals surface area contributed by atoms with Gasteiger partial charge in [-0.05, 0) is 48.9 Å². The van der Waals surface area contributed by atoms with Crippen LogP contribution in [0.5, 0.6) is 5.75 Å². The van der Waals surface area contributed by atoms with Crippen molar-refractivity contribution in [3.63, 3.8) is 0 Å². The van der Waals surface area contributed by atoms with Crippen molar-refractivity contribution in [1.29, 1.82) is 0 Å². The average molecular weight is 447 g/mol. The molecule has 2 aromatic carbocycles. The monoisotopic (exact) mass is 446 g/mol. The van der Waals surface area contributed by atoms with Gasteiger partial charge in [0.05, 0.1) is 18.1 Å². The van der Waals surface area contributed by atoms with E-state index in [0.717, 1.165) is 5.56 Å². The predicted molar refractivity (Wildman–Crippen MR) is 116 cm³/mol. The maximum Gasteiger partial charge on any atom is 0.262 e. The third-order valence-electron chi connectivity index (χ3n) is 4.96. The van der Waals surface area contributed by atoms with Crippen LogP contribution in [0, 0.1) is 6.92 Å². The topological polar surface area (TPSA) is 102 Å². The van der Waals surface area contributed by atoms with E-state index in [2.05, 4.69) is 5.32 Å². The van der Waals surface area contributed by atoms with Crippen molar-refractivity contribution < 1.29 is 27.5 Å². The number of nitrogens with zero attached hydrogens (tertiary/aromatic N) is 1. The lowest BCUT2D eigenvalue weighted by atomic mass is 10.1. The van der Waals surface area contributed by atoms with Gasteiger partial charge in [0.2, 0.25) is 10.0 Å². The van der Waals surface area contributed by atoms with E-state index in [4.69, 9.17) is 9.47 Å². The molecule has 1 fully saturated rings. The first kappa shape index (κ1) is 22.9. The number of carbonyl (C=O) groups excluding carboxylic acids is 2. The summed E-state index contributed by atoms with van der Waals surface area (Å²) < 4.78 is 37.8. The Hall–Kier alpha value is -2.75. The molecule has 0 atom stereocenters. The molecular formula is C22H26N2O6S. The van der Waals surface area contributed by atoms with Crippen molar-refractivity contribution in [3.8, 4) is 5.75 Å². The maximum atomic E-state index is 12.9. The number of amides is 1. The van der Waals surface area contributed by atoms with Crippen molar-refractivity contribution in [2.24, 2.45) is 0 Å². The molecule has 1 N–H and O–H groups in total. The number of nitrogens with one attached hydrogen (secondary N) is 1. The van der Waals surface area contributed by atoms with Gasteiger partial charge < -0.3 is 14.8 Å². The van der Waals surface area contributed by atoms with Gasteiger partial charge in [-0.15, -0.1) is 0 Å². The summed E-state index contributed by atoms with van der Waals surface area (Å²) in [5.41, 5.74) is 1.73. The van der Waals surface area contributed by atoms with Crippen molar-refractivity contribution in [1.82, 2.24) is 4.31 Å². The van der Waals surface area contributed by atoms with Crippen LogP contribution >= 0.6 is 0 Å². The van der Waals surface area contributed by atoms with Gasteiger partial charge in [0.15, 0.2) is 12.4 Å². The zero-order valence-electron chi connectivity index (χ0n) is 17.6. The quantitative estimate of drug-likeness (QED) is 0.626. The number of benzene rings is 2. The van der Waals surface area contributed by atoms with E-state index in [9.17, 15) is 18.0 Å². The van der Waals surface area contributed by atoms with Gasteiger partial charge in [0.25, 0.3) is 5.91 Å². The van der Waals surface area contributed by atoms with E-state index in [0.29, 0.717) is 49.7 Å². The number of sulfonamides is 1. The second-order valence-corrected chi connectivity index (χ2v) is 9.07. The maximum absolute atomic E-state index is 12.9. The highest BCUT2D eigenvalue weighted by molar-refractivity contribution is 7.89. The van der Waals surface area contributed by atoms with E-state index in [1.165, 1.54) is 16.4 Å². The molecule has 31 heavy (non-hydrogen) atoms. The van der Waals surface area contributed by atoms with Gasteiger partial charge in [-0.2, -0.15) is 4.31 Å². The van der Waals surface area contributed by atoms with Crippen LogP contribution in [0.2, 0.25) is 0 Å². The molecule has 1 saturated heterocycles. The van der Waals surface area contributed by atoms with Gasteiger partial charge in [0.1, 0.15) is 5.75 Å². The number of hydrogen-bond acceptors (Lipinski definition) is 6. The molecule has 0 aromatic heterocycles. The largest absolute Gasteiger partial charge is 0.484 e. The molecule has 0 radical (unpaired) electrons. The molecular weight excluding hydrogens is 420 g/mol. The number of ketones is 1. The number of morpholine rings is 1. The van der Waals surface area contributed by atoms with Crippen LogP contribution in [0.3, 0.4) is 0 Å². The fourth-order valence-corrected chi connectivity index (χ4v) is 4.54. The molecule has 1 aliphatic heterocycles. The zero-order valence-corrected chi connectivity index (χ0v) is 18.4. The Kier molecular flexibility index (Phi) is 7.42. The summed E-state index contributed by atoms with van der Waals surface area (Å²) >= 11 is 0. The third kappa shape index (κ3) is 5.69. The molecule has 0 bridgehead atoms. The van der Waals surface area contributed by atoms with Crippen LogP contribution in [0.25, 0.3) is 0 Å². The Morgan fingerprint density at radius 2 is 1.77 bits per heavy atom. The number of hydrogen-bond donors (Lipinski definition) is 1. The van der Waals surface area contributed by atoms with E-state index < -0.39 is 15.9 Å². The molecule has 9 heteroatoms. The molecule has 0 aliphatic carbocycles. The van der Waals surface area contributed by atoms with Gasteiger partial charge >= 0.3 is 0 Å². The highest BCUT2D eigenvalue weighted by Gasteiger charge is 2.26. The van der Waals surface area contributed by atoms with Crippen LogP contribution in [0.4, 0.5) is 5.69 Å². The average Bonchev–Trinajstić information content (AvgIpc) is 2.79. The lowest BCUT2D eigenvalue weighted by molar-refractivity contribution is -0.118. The first-order valence-electron chi connectivity index (χ1n) is 10.1. The number of rotatable bonds is 8. The number of carbonyl (C=O) groups is 2. The van der Waals surface area contributed by atoms with Crippen molar-refractivity contribution in [2.45, 2.75) is 25.2 Å². The Labute approximate surface area is 182 Å². The van der Waals surface area contributed by atoms with Crippen LogP contribution in [0.15, 0.2) is 47.4 Å². The van der Waals surface area contributed by atoms with E-state index in [-0.39, 0.29) is 17.3 Å². The molecule has 0 saturated carbocycles. The van der Waals surface area contributed by atoms with Gasteiger partial charge in [-0.25, -0.2) is 8.42 Å². The Balaban J connectivity index is 1.64. The molecule has 1 heterocycles. The minimum absolute atomic E-state index is 0.0340. The standard InChI is InChI=1S/C22H26N2O6S/c1-3-21(25)17-5-7-18(8-6-17)30-15-22(26)23-20-14-19(9-4-16(20)2)31(27,28)24-10-12-29-13-11-24/h4-9,14H,3,10-13,15H2,1-2H3,(H,23,26). The van der Waals surface area contributed by atoms with Crippen molar-refractivity contribution in [3.05, 3.63) is 53.6 Å². The summed E-state index contributed by atoms with van der Waals surface area (Å²) in [5, 5.41) is 2.71.